The Labute approximate surface area is 106 Å². The van der Waals surface area contributed by atoms with Gasteiger partial charge < -0.3 is 10.6 Å². The molecule has 1 atom stereocenters. The molecule has 0 bridgehead atoms. The van der Waals surface area contributed by atoms with Crippen molar-refractivity contribution in [1.29, 1.82) is 0 Å². The van der Waals surface area contributed by atoms with Crippen LogP contribution in [0.1, 0.15) is 44.9 Å². The van der Waals surface area contributed by atoms with Gasteiger partial charge in [0.05, 0.1) is 0 Å². The molecule has 0 spiro atoms. The summed E-state index contributed by atoms with van der Waals surface area (Å²) in [5.74, 6) is 1.72. The average Bonchev–Trinajstić information content (AvgIpc) is 3.01. The monoisotopic (exact) mass is 252 g/mol. The van der Waals surface area contributed by atoms with Crippen molar-refractivity contribution in [2.24, 2.45) is 11.1 Å². The van der Waals surface area contributed by atoms with Crippen LogP contribution >= 0.6 is 11.5 Å². The van der Waals surface area contributed by atoms with Crippen molar-refractivity contribution in [2.45, 2.75) is 45.1 Å². The molecule has 1 aliphatic heterocycles. The Bertz CT molecular complexity index is 410. The summed E-state index contributed by atoms with van der Waals surface area (Å²) >= 11 is 1.55. The van der Waals surface area contributed by atoms with Crippen molar-refractivity contribution in [3.05, 3.63) is 5.82 Å². The molecule has 1 saturated heterocycles. The molecular formula is C12H20N4S. The van der Waals surface area contributed by atoms with E-state index < -0.39 is 0 Å². The molecule has 5 heteroatoms. The minimum atomic E-state index is 0.170. The molecule has 1 saturated carbocycles. The highest BCUT2D eigenvalue weighted by Crippen LogP contribution is 2.40. The number of nitrogens with zero attached hydrogens (tertiary/aromatic N) is 3. The minimum Gasteiger partial charge on any atom is -0.346 e. The maximum Gasteiger partial charge on any atom is 0.205 e. The van der Waals surface area contributed by atoms with E-state index in [1.54, 1.807) is 11.5 Å². The number of nitrogens with two attached hydrogens (primary N) is 1. The van der Waals surface area contributed by atoms with Crippen molar-refractivity contribution in [1.82, 2.24) is 9.36 Å². The lowest BCUT2D eigenvalue weighted by Gasteiger charge is -2.42. The number of hydrogen-bond donors (Lipinski definition) is 1. The van der Waals surface area contributed by atoms with Gasteiger partial charge in [0.25, 0.3) is 0 Å². The van der Waals surface area contributed by atoms with Crippen LogP contribution in [0.15, 0.2) is 0 Å². The standard InChI is InChI=1S/C12H20N4S/c1-12(2)7-16(6-5-9(12)13)11-14-10(15-17-11)8-3-4-8/h8-9H,3-7,13H2,1-2H3. The molecule has 3 rings (SSSR count). The molecule has 1 aromatic rings. The van der Waals surface area contributed by atoms with Crippen LogP contribution in [0.4, 0.5) is 5.13 Å². The molecule has 0 aromatic carbocycles. The molecule has 2 N–H and O–H groups in total. The van der Waals surface area contributed by atoms with Crippen molar-refractivity contribution < 1.29 is 0 Å². The molecule has 4 nitrogen and oxygen atoms in total. The largest absolute Gasteiger partial charge is 0.346 e. The fourth-order valence-electron chi connectivity index (χ4n) is 2.40. The highest BCUT2D eigenvalue weighted by atomic mass is 32.1. The zero-order valence-corrected chi connectivity index (χ0v) is 11.3. The van der Waals surface area contributed by atoms with Crippen molar-refractivity contribution in [3.63, 3.8) is 0 Å². The topological polar surface area (TPSA) is 55.0 Å². The normalized spacial score (nSPS) is 28.4. The van der Waals surface area contributed by atoms with E-state index in [1.165, 1.54) is 12.8 Å². The van der Waals surface area contributed by atoms with E-state index in [4.69, 9.17) is 5.73 Å². The second kappa shape index (κ2) is 3.92. The molecular weight excluding hydrogens is 232 g/mol. The highest BCUT2D eigenvalue weighted by Gasteiger charge is 2.35. The predicted octanol–water partition coefficient (Wildman–Crippen LogP) is 1.98. The lowest BCUT2D eigenvalue weighted by atomic mass is 9.80. The second-order valence-corrected chi connectivity index (χ2v) is 6.75. The van der Waals surface area contributed by atoms with Crippen molar-refractivity contribution >= 4 is 16.7 Å². The Morgan fingerprint density at radius 3 is 2.76 bits per heavy atom. The Morgan fingerprint density at radius 2 is 2.12 bits per heavy atom. The second-order valence-electron chi connectivity index (χ2n) is 6.01. The smallest absolute Gasteiger partial charge is 0.205 e. The summed E-state index contributed by atoms with van der Waals surface area (Å²) in [4.78, 5) is 7.03. The molecule has 1 aliphatic carbocycles. The Balaban J connectivity index is 1.75. The van der Waals surface area contributed by atoms with Gasteiger partial charge in [-0.3, -0.25) is 0 Å². The Morgan fingerprint density at radius 1 is 1.35 bits per heavy atom. The molecule has 0 amide bonds. The zero-order chi connectivity index (χ0) is 12.0. The van der Waals surface area contributed by atoms with E-state index in [2.05, 4.69) is 28.1 Å². The summed E-state index contributed by atoms with van der Waals surface area (Å²) < 4.78 is 4.48. The third kappa shape index (κ3) is 2.18. The molecule has 94 valence electrons. The lowest BCUT2D eigenvalue weighted by Crippen LogP contribution is -2.52. The van der Waals surface area contributed by atoms with E-state index in [0.29, 0.717) is 12.0 Å². The SMILES string of the molecule is CC1(C)CN(c2nc(C3CC3)ns2)CCC1N. The number of aromatic nitrogens is 2. The first-order valence-electron chi connectivity index (χ1n) is 6.40. The van der Waals surface area contributed by atoms with Gasteiger partial charge in [0.1, 0.15) is 5.82 Å². The van der Waals surface area contributed by atoms with Gasteiger partial charge in [-0.2, -0.15) is 4.37 Å². The fourth-order valence-corrected chi connectivity index (χ4v) is 3.17. The van der Waals surface area contributed by atoms with Crippen LogP contribution in [-0.2, 0) is 0 Å². The highest BCUT2D eigenvalue weighted by molar-refractivity contribution is 7.09. The van der Waals surface area contributed by atoms with Gasteiger partial charge in [0.15, 0.2) is 0 Å². The molecule has 1 aromatic heterocycles. The van der Waals surface area contributed by atoms with Crippen molar-refractivity contribution in [2.75, 3.05) is 18.0 Å². The summed E-state index contributed by atoms with van der Waals surface area (Å²) in [5.41, 5.74) is 6.33. The van der Waals surface area contributed by atoms with Crippen LogP contribution in [0.3, 0.4) is 0 Å². The zero-order valence-electron chi connectivity index (χ0n) is 10.5. The summed E-state index contributed by atoms with van der Waals surface area (Å²) in [5, 5.41) is 1.09. The summed E-state index contributed by atoms with van der Waals surface area (Å²) in [7, 11) is 0. The van der Waals surface area contributed by atoms with Crippen LogP contribution < -0.4 is 10.6 Å². The Kier molecular flexibility index (Phi) is 2.63. The summed E-state index contributed by atoms with van der Waals surface area (Å²) in [6.45, 7) is 6.50. The molecule has 0 radical (unpaired) electrons. The number of hydrogen-bond acceptors (Lipinski definition) is 5. The maximum absolute atomic E-state index is 6.16. The van der Waals surface area contributed by atoms with Crippen LogP contribution in [0.2, 0.25) is 0 Å². The van der Waals surface area contributed by atoms with Crippen LogP contribution in [0.25, 0.3) is 0 Å². The van der Waals surface area contributed by atoms with E-state index in [9.17, 15) is 0 Å². The number of rotatable bonds is 2. The first-order valence-corrected chi connectivity index (χ1v) is 7.18. The average molecular weight is 252 g/mol. The maximum atomic E-state index is 6.16. The van der Waals surface area contributed by atoms with E-state index in [0.717, 1.165) is 30.5 Å². The third-order valence-electron chi connectivity index (χ3n) is 3.96. The number of anilines is 1. The third-order valence-corrected chi connectivity index (χ3v) is 4.75. The van der Waals surface area contributed by atoms with E-state index >= 15 is 0 Å². The first kappa shape index (κ1) is 11.4. The van der Waals surface area contributed by atoms with Crippen molar-refractivity contribution in [3.8, 4) is 0 Å². The summed E-state index contributed by atoms with van der Waals surface area (Å²) in [6.07, 6.45) is 3.59. The molecule has 2 aliphatic rings. The van der Waals surface area contributed by atoms with Gasteiger partial charge in [-0.25, -0.2) is 4.98 Å². The van der Waals surface area contributed by atoms with E-state index in [-0.39, 0.29) is 5.41 Å². The summed E-state index contributed by atoms with van der Waals surface area (Å²) in [6, 6.07) is 0.301. The van der Waals surface area contributed by atoms with Gasteiger partial charge in [-0.15, -0.1) is 0 Å². The minimum absolute atomic E-state index is 0.170. The van der Waals surface area contributed by atoms with Gasteiger partial charge in [0.2, 0.25) is 5.13 Å². The van der Waals surface area contributed by atoms with Crippen LogP contribution in [0.5, 0.6) is 0 Å². The van der Waals surface area contributed by atoms with Gasteiger partial charge in [-0.05, 0) is 24.7 Å². The van der Waals surface area contributed by atoms with Crippen LogP contribution in [0, 0.1) is 5.41 Å². The van der Waals surface area contributed by atoms with Gasteiger partial charge >= 0.3 is 0 Å². The van der Waals surface area contributed by atoms with Crippen LogP contribution in [-0.4, -0.2) is 28.5 Å². The first-order chi connectivity index (χ1) is 8.06. The molecule has 2 heterocycles. The van der Waals surface area contributed by atoms with Gasteiger partial charge in [-0.1, -0.05) is 13.8 Å². The fraction of sp³-hybridized carbons (Fsp3) is 0.833. The van der Waals surface area contributed by atoms with E-state index in [1.807, 2.05) is 0 Å². The molecule has 1 unspecified atom stereocenters. The predicted molar refractivity (Wildman–Crippen MR) is 70.5 cm³/mol. The lowest BCUT2D eigenvalue weighted by molar-refractivity contribution is 0.245. The number of piperidine rings is 1. The quantitative estimate of drug-likeness (QED) is 0.874. The molecule has 17 heavy (non-hydrogen) atoms. The Hall–Kier alpha value is -0.680. The van der Waals surface area contributed by atoms with Gasteiger partial charge in [0, 0.05) is 36.6 Å². The molecule has 2 fully saturated rings.